The summed E-state index contributed by atoms with van der Waals surface area (Å²) >= 11 is 0. The van der Waals surface area contributed by atoms with Crippen LogP contribution in [-0.4, -0.2) is 22.5 Å². The van der Waals surface area contributed by atoms with Gasteiger partial charge in [-0.2, -0.15) is 0 Å². The predicted molar refractivity (Wildman–Crippen MR) is 80.9 cm³/mol. The SMILES string of the molecule is N/C(=N/O)C1(NC(=O)CC2CC3CCC2C3)CCCCC1. The third-order valence-electron chi connectivity index (χ3n) is 6.02. The summed E-state index contributed by atoms with van der Waals surface area (Å²) in [6.45, 7) is 0. The molecule has 5 heteroatoms. The number of carbonyl (C=O) groups excluding carboxylic acids is 1. The summed E-state index contributed by atoms with van der Waals surface area (Å²) < 4.78 is 0. The van der Waals surface area contributed by atoms with Gasteiger partial charge in [-0.1, -0.05) is 30.8 Å². The molecule has 0 heterocycles. The van der Waals surface area contributed by atoms with E-state index in [2.05, 4.69) is 10.5 Å². The van der Waals surface area contributed by atoms with E-state index in [-0.39, 0.29) is 11.7 Å². The third kappa shape index (κ3) is 2.87. The minimum Gasteiger partial charge on any atom is -0.409 e. The smallest absolute Gasteiger partial charge is 0.221 e. The second-order valence-corrected chi connectivity index (χ2v) is 7.32. The van der Waals surface area contributed by atoms with Crippen molar-refractivity contribution in [2.24, 2.45) is 28.6 Å². The number of oxime groups is 1. The average Bonchev–Trinajstić information content (AvgIpc) is 3.09. The molecule has 3 saturated carbocycles. The Morgan fingerprint density at radius 3 is 2.57 bits per heavy atom. The van der Waals surface area contributed by atoms with Crippen LogP contribution in [0.3, 0.4) is 0 Å². The summed E-state index contributed by atoms with van der Waals surface area (Å²) in [5, 5.41) is 15.3. The van der Waals surface area contributed by atoms with Gasteiger partial charge in [0.1, 0.15) is 5.54 Å². The fraction of sp³-hybridized carbons (Fsp3) is 0.875. The molecule has 0 saturated heterocycles. The van der Waals surface area contributed by atoms with Crippen molar-refractivity contribution in [1.29, 1.82) is 0 Å². The van der Waals surface area contributed by atoms with Gasteiger partial charge in [0.2, 0.25) is 5.91 Å². The molecule has 1 amide bonds. The molecule has 0 aliphatic heterocycles. The van der Waals surface area contributed by atoms with Gasteiger partial charge in [-0.3, -0.25) is 4.79 Å². The van der Waals surface area contributed by atoms with Crippen LogP contribution < -0.4 is 11.1 Å². The molecule has 3 aliphatic carbocycles. The van der Waals surface area contributed by atoms with E-state index in [9.17, 15) is 4.79 Å². The topological polar surface area (TPSA) is 87.7 Å². The predicted octanol–water partition coefficient (Wildman–Crippen LogP) is 2.38. The van der Waals surface area contributed by atoms with E-state index in [1.165, 1.54) is 25.7 Å². The zero-order valence-corrected chi connectivity index (χ0v) is 12.7. The molecule has 3 rings (SSSR count). The number of amides is 1. The van der Waals surface area contributed by atoms with Gasteiger partial charge < -0.3 is 16.3 Å². The molecule has 0 spiro atoms. The van der Waals surface area contributed by atoms with Crippen molar-refractivity contribution in [1.82, 2.24) is 5.32 Å². The second-order valence-electron chi connectivity index (χ2n) is 7.32. The van der Waals surface area contributed by atoms with Gasteiger partial charge in [-0.15, -0.1) is 0 Å². The Morgan fingerprint density at radius 2 is 2.00 bits per heavy atom. The van der Waals surface area contributed by atoms with Gasteiger partial charge in [-0.25, -0.2) is 0 Å². The van der Waals surface area contributed by atoms with Crippen LogP contribution >= 0.6 is 0 Å². The Labute approximate surface area is 126 Å². The van der Waals surface area contributed by atoms with Gasteiger partial charge in [0.25, 0.3) is 0 Å². The number of hydrogen-bond acceptors (Lipinski definition) is 3. The first-order chi connectivity index (χ1) is 10.1. The van der Waals surface area contributed by atoms with Gasteiger partial charge in [0.15, 0.2) is 5.84 Å². The average molecular weight is 293 g/mol. The van der Waals surface area contributed by atoms with E-state index in [1.807, 2.05) is 0 Å². The molecular weight excluding hydrogens is 266 g/mol. The molecule has 4 N–H and O–H groups in total. The number of amidine groups is 1. The fourth-order valence-electron chi connectivity index (χ4n) is 4.88. The largest absolute Gasteiger partial charge is 0.409 e. The lowest BCUT2D eigenvalue weighted by molar-refractivity contribution is -0.124. The van der Waals surface area contributed by atoms with Crippen LogP contribution in [0.2, 0.25) is 0 Å². The lowest BCUT2D eigenvalue weighted by atomic mass is 9.80. The van der Waals surface area contributed by atoms with Crippen molar-refractivity contribution in [2.75, 3.05) is 0 Å². The monoisotopic (exact) mass is 293 g/mol. The number of nitrogens with two attached hydrogens (primary N) is 1. The number of hydrogen-bond donors (Lipinski definition) is 3. The van der Waals surface area contributed by atoms with Crippen molar-refractivity contribution < 1.29 is 10.0 Å². The Balaban J connectivity index is 1.61. The molecule has 3 atom stereocenters. The maximum atomic E-state index is 12.5. The summed E-state index contributed by atoms with van der Waals surface area (Å²) in [5.41, 5.74) is 5.28. The zero-order chi connectivity index (χ0) is 14.9. The molecule has 0 aromatic carbocycles. The Morgan fingerprint density at radius 1 is 1.24 bits per heavy atom. The highest BCUT2D eigenvalue weighted by molar-refractivity contribution is 5.94. The van der Waals surface area contributed by atoms with Crippen LogP contribution in [0.4, 0.5) is 0 Å². The normalized spacial score (nSPS) is 34.9. The lowest BCUT2D eigenvalue weighted by Crippen LogP contribution is -2.58. The maximum Gasteiger partial charge on any atom is 0.221 e. The van der Waals surface area contributed by atoms with Crippen molar-refractivity contribution in [3.63, 3.8) is 0 Å². The van der Waals surface area contributed by atoms with Crippen LogP contribution in [0.5, 0.6) is 0 Å². The molecule has 3 unspecified atom stereocenters. The fourth-order valence-corrected chi connectivity index (χ4v) is 4.88. The minimum absolute atomic E-state index is 0.0843. The molecule has 2 bridgehead atoms. The highest BCUT2D eigenvalue weighted by Gasteiger charge is 2.42. The standard InChI is InChI=1S/C16H27N3O2/c17-15(19-21)16(6-2-1-3-7-16)18-14(20)10-13-9-11-4-5-12(13)8-11/h11-13,21H,1-10H2,(H2,17,19)(H,18,20). The molecule has 118 valence electrons. The van der Waals surface area contributed by atoms with E-state index in [0.29, 0.717) is 12.3 Å². The van der Waals surface area contributed by atoms with Crippen LogP contribution in [0.25, 0.3) is 0 Å². The maximum absolute atomic E-state index is 12.5. The van der Waals surface area contributed by atoms with E-state index >= 15 is 0 Å². The van der Waals surface area contributed by atoms with Crippen molar-refractivity contribution >= 4 is 11.7 Å². The highest BCUT2D eigenvalue weighted by atomic mass is 16.4. The van der Waals surface area contributed by atoms with Crippen LogP contribution in [0.1, 0.15) is 64.2 Å². The number of nitrogens with one attached hydrogen (secondary N) is 1. The van der Waals surface area contributed by atoms with Crippen molar-refractivity contribution in [3.8, 4) is 0 Å². The lowest BCUT2D eigenvalue weighted by Gasteiger charge is -2.37. The first kappa shape index (κ1) is 14.7. The third-order valence-corrected chi connectivity index (χ3v) is 6.02. The Hall–Kier alpha value is -1.26. The first-order valence-corrected chi connectivity index (χ1v) is 8.42. The van der Waals surface area contributed by atoms with Crippen LogP contribution in [0, 0.1) is 17.8 Å². The number of carbonyl (C=O) groups is 1. The summed E-state index contributed by atoms with van der Waals surface area (Å²) in [4.78, 5) is 12.5. The van der Waals surface area contributed by atoms with E-state index in [4.69, 9.17) is 10.9 Å². The molecule has 0 aromatic rings. The first-order valence-electron chi connectivity index (χ1n) is 8.42. The summed E-state index contributed by atoms with van der Waals surface area (Å²) in [6, 6.07) is 0. The molecular formula is C16H27N3O2. The van der Waals surface area contributed by atoms with Gasteiger partial charge in [-0.05, 0) is 49.9 Å². The van der Waals surface area contributed by atoms with Gasteiger partial charge in [0, 0.05) is 6.42 Å². The molecule has 3 fully saturated rings. The Bertz CT molecular complexity index is 429. The van der Waals surface area contributed by atoms with Gasteiger partial charge >= 0.3 is 0 Å². The molecule has 3 aliphatic rings. The number of nitrogens with zero attached hydrogens (tertiary/aromatic N) is 1. The highest BCUT2D eigenvalue weighted by Crippen LogP contribution is 2.49. The van der Waals surface area contributed by atoms with Crippen LogP contribution in [0.15, 0.2) is 5.16 Å². The molecule has 5 nitrogen and oxygen atoms in total. The van der Waals surface area contributed by atoms with Gasteiger partial charge in [0.05, 0.1) is 0 Å². The van der Waals surface area contributed by atoms with E-state index in [1.54, 1.807) is 0 Å². The van der Waals surface area contributed by atoms with E-state index < -0.39 is 5.54 Å². The molecule has 21 heavy (non-hydrogen) atoms. The minimum atomic E-state index is -0.609. The van der Waals surface area contributed by atoms with E-state index in [0.717, 1.165) is 43.9 Å². The number of fused-ring (bicyclic) bond motifs is 2. The molecule has 0 radical (unpaired) electrons. The molecule has 0 aromatic heterocycles. The Kier molecular flexibility index (Phi) is 4.09. The summed E-state index contributed by atoms with van der Waals surface area (Å²) in [7, 11) is 0. The summed E-state index contributed by atoms with van der Waals surface area (Å²) in [5.74, 6) is 2.42. The number of rotatable bonds is 4. The zero-order valence-electron chi connectivity index (χ0n) is 12.7. The quantitative estimate of drug-likeness (QED) is 0.322. The summed E-state index contributed by atoms with van der Waals surface area (Å²) in [6.07, 6.45) is 10.6. The van der Waals surface area contributed by atoms with Crippen molar-refractivity contribution in [2.45, 2.75) is 69.7 Å². The van der Waals surface area contributed by atoms with Crippen LogP contribution in [-0.2, 0) is 4.79 Å². The second kappa shape index (κ2) is 5.85. The van der Waals surface area contributed by atoms with Crippen molar-refractivity contribution in [3.05, 3.63) is 0 Å².